The predicted octanol–water partition coefficient (Wildman–Crippen LogP) is 7.41. The SMILES string of the molecule is Cc1cc(CN(C)C(=O)OC(C)(C)C)cc(F)c1-c1cc2c(-c3ccc(Cl)nc3)nn(C(=O)OC(C)(C)C)c2cn1. The van der Waals surface area contributed by atoms with Gasteiger partial charge in [0.15, 0.2) is 0 Å². The zero-order valence-electron chi connectivity index (χ0n) is 24.4. The zero-order valence-corrected chi connectivity index (χ0v) is 25.1. The van der Waals surface area contributed by atoms with Gasteiger partial charge in [-0.05, 0) is 83.9 Å². The van der Waals surface area contributed by atoms with Crippen LogP contribution in [-0.4, -0.2) is 55.1 Å². The number of amides is 1. The third-order valence-electron chi connectivity index (χ3n) is 5.86. The first-order chi connectivity index (χ1) is 19.0. The standard InChI is InChI=1S/C30H33ClFN5O4/c1-17-11-18(16-36(8)27(38)40-29(2,3)4)12-21(32)25(17)22-13-20-23(15-33-22)37(28(39)41-30(5,6)7)35-26(20)19-9-10-24(31)34-14-19/h9-15H,16H2,1-8H3. The first kappa shape index (κ1) is 29.9. The van der Waals surface area contributed by atoms with Gasteiger partial charge in [0.05, 0.1) is 17.4 Å². The zero-order chi connectivity index (χ0) is 30.3. The van der Waals surface area contributed by atoms with E-state index in [1.54, 1.807) is 86.0 Å². The third kappa shape index (κ3) is 7.00. The van der Waals surface area contributed by atoms with Crippen molar-refractivity contribution in [3.63, 3.8) is 0 Å². The van der Waals surface area contributed by atoms with Crippen LogP contribution in [0.15, 0.2) is 42.7 Å². The molecule has 0 spiro atoms. The highest BCUT2D eigenvalue weighted by molar-refractivity contribution is 6.29. The summed E-state index contributed by atoms with van der Waals surface area (Å²) in [4.78, 5) is 35.4. The van der Waals surface area contributed by atoms with Crippen molar-refractivity contribution in [3.8, 4) is 22.5 Å². The van der Waals surface area contributed by atoms with Crippen LogP contribution in [0.3, 0.4) is 0 Å². The van der Waals surface area contributed by atoms with E-state index in [0.717, 1.165) is 4.68 Å². The maximum atomic E-state index is 15.6. The van der Waals surface area contributed by atoms with E-state index in [9.17, 15) is 9.59 Å². The van der Waals surface area contributed by atoms with Crippen LogP contribution >= 0.6 is 11.6 Å². The van der Waals surface area contributed by atoms with E-state index in [2.05, 4.69) is 15.1 Å². The fraction of sp³-hybridized carbons (Fsp3) is 0.367. The van der Waals surface area contributed by atoms with E-state index in [0.29, 0.717) is 49.7 Å². The molecule has 41 heavy (non-hydrogen) atoms. The molecule has 0 radical (unpaired) electrons. The van der Waals surface area contributed by atoms with Gasteiger partial charge in [-0.25, -0.2) is 19.0 Å². The summed E-state index contributed by atoms with van der Waals surface area (Å²) in [7, 11) is 1.60. The van der Waals surface area contributed by atoms with Crippen LogP contribution in [0.25, 0.3) is 33.4 Å². The molecule has 4 rings (SSSR count). The summed E-state index contributed by atoms with van der Waals surface area (Å²) in [5.74, 6) is -0.501. The molecule has 4 aromatic rings. The minimum atomic E-state index is -0.746. The lowest BCUT2D eigenvalue weighted by Crippen LogP contribution is -2.33. The molecule has 3 heterocycles. The first-order valence-corrected chi connectivity index (χ1v) is 13.4. The van der Waals surface area contributed by atoms with Crippen LogP contribution in [0.4, 0.5) is 14.0 Å². The average molecular weight is 582 g/mol. The Morgan fingerprint density at radius 3 is 2.27 bits per heavy atom. The van der Waals surface area contributed by atoms with E-state index in [1.165, 1.54) is 17.2 Å². The summed E-state index contributed by atoms with van der Waals surface area (Å²) in [5.41, 5.74) is 1.92. The van der Waals surface area contributed by atoms with Crippen molar-refractivity contribution >= 4 is 34.7 Å². The molecule has 0 saturated carbocycles. The maximum Gasteiger partial charge on any atom is 0.435 e. The highest BCUT2D eigenvalue weighted by Gasteiger charge is 2.25. The van der Waals surface area contributed by atoms with Crippen molar-refractivity contribution < 1.29 is 23.5 Å². The molecule has 0 aliphatic carbocycles. The third-order valence-corrected chi connectivity index (χ3v) is 6.09. The van der Waals surface area contributed by atoms with Crippen molar-refractivity contribution in [2.75, 3.05) is 7.05 Å². The van der Waals surface area contributed by atoms with Crippen molar-refractivity contribution in [2.45, 2.75) is 66.2 Å². The quantitative estimate of drug-likeness (QED) is 0.231. The van der Waals surface area contributed by atoms with Gasteiger partial charge in [0.1, 0.15) is 27.9 Å². The van der Waals surface area contributed by atoms with Gasteiger partial charge >= 0.3 is 12.2 Å². The Kier molecular flexibility index (Phi) is 8.09. The minimum absolute atomic E-state index is 0.162. The maximum absolute atomic E-state index is 15.6. The summed E-state index contributed by atoms with van der Waals surface area (Å²) >= 11 is 5.98. The molecule has 0 bridgehead atoms. The number of carbonyl (C=O) groups is 2. The normalized spacial score (nSPS) is 12.0. The summed E-state index contributed by atoms with van der Waals surface area (Å²) in [5, 5.41) is 5.38. The average Bonchev–Trinajstić information content (AvgIpc) is 3.21. The number of rotatable bonds is 4. The molecular formula is C30H33ClFN5O4. The molecule has 1 amide bonds. The molecular weight excluding hydrogens is 549 g/mol. The number of benzene rings is 1. The number of nitrogens with zero attached hydrogens (tertiary/aromatic N) is 5. The molecule has 0 N–H and O–H groups in total. The number of fused-ring (bicyclic) bond motifs is 1. The van der Waals surface area contributed by atoms with Gasteiger partial charge in [-0.2, -0.15) is 9.78 Å². The van der Waals surface area contributed by atoms with Gasteiger partial charge in [0, 0.05) is 36.3 Å². The molecule has 0 unspecified atom stereocenters. The summed E-state index contributed by atoms with van der Waals surface area (Å²) in [6.45, 7) is 12.6. The highest BCUT2D eigenvalue weighted by atomic mass is 35.5. The molecule has 216 valence electrons. The van der Waals surface area contributed by atoms with Gasteiger partial charge in [-0.1, -0.05) is 17.7 Å². The molecule has 0 saturated heterocycles. The fourth-order valence-electron chi connectivity index (χ4n) is 4.23. The lowest BCUT2D eigenvalue weighted by Gasteiger charge is -2.25. The van der Waals surface area contributed by atoms with Crippen LogP contribution in [-0.2, 0) is 16.0 Å². The summed E-state index contributed by atoms with van der Waals surface area (Å²) in [6, 6.07) is 8.22. The van der Waals surface area contributed by atoms with Crippen molar-refractivity contribution in [2.24, 2.45) is 0 Å². The Bertz CT molecular complexity index is 1600. The van der Waals surface area contributed by atoms with Crippen LogP contribution in [0, 0.1) is 12.7 Å². The number of ether oxygens (including phenoxy) is 2. The molecule has 0 aliphatic rings. The van der Waals surface area contributed by atoms with Crippen molar-refractivity contribution in [3.05, 3.63) is 64.8 Å². The topological polar surface area (TPSA) is 99.4 Å². The molecule has 0 aliphatic heterocycles. The molecule has 3 aromatic heterocycles. The second-order valence-electron chi connectivity index (χ2n) is 11.8. The van der Waals surface area contributed by atoms with E-state index < -0.39 is 29.2 Å². The highest BCUT2D eigenvalue weighted by Crippen LogP contribution is 2.34. The minimum Gasteiger partial charge on any atom is -0.444 e. The Balaban J connectivity index is 1.76. The number of hydrogen-bond acceptors (Lipinski definition) is 7. The Morgan fingerprint density at radius 2 is 1.68 bits per heavy atom. The van der Waals surface area contributed by atoms with E-state index in [1.807, 2.05) is 0 Å². The Morgan fingerprint density at radius 1 is 1.00 bits per heavy atom. The number of halogens is 2. The molecule has 0 fully saturated rings. The largest absolute Gasteiger partial charge is 0.444 e. The van der Waals surface area contributed by atoms with Gasteiger partial charge in [-0.3, -0.25) is 4.98 Å². The second kappa shape index (κ2) is 11.1. The first-order valence-electron chi connectivity index (χ1n) is 13.0. The summed E-state index contributed by atoms with van der Waals surface area (Å²) < 4.78 is 27.7. The van der Waals surface area contributed by atoms with Gasteiger partial charge in [-0.15, -0.1) is 0 Å². The number of pyridine rings is 2. The Hall–Kier alpha value is -4.05. The van der Waals surface area contributed by atoms with Crippen LogP contribution in [0.2, 0.25) is 5.15 Å². The predicted molar refractivity (Wildman–Crippen MR) is 155 cm³/mol. The van der Waals surface area contributed by atoms with Crippen LogP contribution < -0.4 is 0 Å². The summed E-state index contributed by atoms with van der Waals surface area (Å²) in [6.07, 6.45) is 1.84. The van der Waals surface area contributed by atoms with E-state index in [-0.39, 0.29) is 6.54 Å². The van der Waals surface area contributed by atoms with Crippen molar-refractivity contribution in [1.82, 2.24) is 24.6 Å². The molecule has 0 atom stereocenters. The van der Waals surface area contributed by atoms with Crippen LogP contribution in [0.1, 0.15) is 52.7 Å². The lowest BCUT2D eigenvalue weighted by molar-refractivity contribution is 0.0284. The number of aromatic nitrogens is 4. The smallest absolute Gasteiger partial charge is 0.435 e. The molecule has 1 aromatic carbocycles. The van der Waals surface area contributed by atoms with Crippen molar-refractivity contribution in [1.29, 1.82) is 0 Å². The lowest BCUT2D eigenvalue weighted by atomic mass is 9.99. The number of carbonyl (C=O) groups excluding carboxylic acids is 2. The van der Waals surface area contributed by atoms with Gasteiger partial charge < -0.3 is 14.4 Å². The van der Waals surface area contributed by atoms with E-state index in [4.69, 9.17) is 21.1 Å². The molecule has 11 heteroatoms. The van der Waals surface area contributed by atoms with Gasteiger partial charge in [0.25, 0.3) is 0 Å². The molecule has 9 nitrogen and oxygen atoms in total. The number of aryl methyl sites for hydroxylation is 1. The monoisotopic (exact) mass is 581 g/mol. The van der Waals surface area contributed by atoms with Gasteiger partial charge in [0.2, 0.25) is 0 Å². The van der Waals surface area contributed by atoms with Crippen LogP contribution in [0.5, 0.6) is 0 Å². The Labute approximate surface area is 243 Å². The number of hydrogen-bond donors (Lipinski definition) is 0. The van der Waals surface area contributed by atoms with E-state index >= 15 is 4.39 Å². The fourth-order valence-corrected chi connectivity index (χ4v) is 4.35. The second-order valence-corrected chi connectivity index (χ2v) is 12.2.